The predicted octanol–water partition coefficient (Wildman–Crippen LogP) is 4.60. The van der Waals surface area contributed by atoms with E-state index in [-0.39, 0.29) is 18.1 Å². The van der Waals surface area contributed by atoms with Crippen LogP contribution in [0.3, 0.4) is 0 Å². The molecule has 6 nitrogen and oxygen atoms in total. The third-order valence-electron chi connectivity index (χ3n) is 5.57. The molecule has 0 saturated carbocycles. The third kappa shape index (κ3) is 4.87. The van der Waals surface area contributed by atoms with Crippen molar-refractivity contribution in [3.8, 4) is 11.5 Å². The van der Waals surface area contributed by atoms with Crippen LogP contribution in [-0.2, 0) is 4.79 Å². The second kappa shape index (κ2) is 8.96. The molecule has 160 valence electrons. The Balaban J connectivity index is 1.62. The van der Waals surface area contributed by atoms with Gasteiger partial charge in [0.2, 0.25) is 0 Å². The molecule has 0 aromatic heterocycles. The van der Waals surface area contributed by atoms with Crippen molar-refractivity contribution in [2.45, 2.75) is 38.6 Å². The first-order valence-corrected chi connectivity index (χ1v) is 10.2. The number of hydrogen-bond acceptors (Lipinski definition) is 5. The van der Waals surface area contributed by atoms with Gasteiger partial charge in [-0.1, -0.05) is 18.5 Å². The summed E-state index contributed by atoms with van der Waals surface area (Å²) >= 11 is 6.48. The summed E-state index contributed by atoms with van der Waals surface area (Å²) in [6.07, 6.45) is 2.62. The van der Waals surface area contributed by atoms with Crippen molar-refractivity contribution in [2.75, 3.05) is 25.7 Å². The molecule has 0 bridgehead atoms. The third-order valence-corrected chi connectivity index (χ3v) is 5.90. The summed E-state index contributed by atoms with van der Waals surface area (Å²) in [4.78, 5) is 14.3. The van der Waals surface area contributed by atoms with Gasteiger partial charge in [-0.15, -0.1) is 0 Å². The lowest BCUT2D eigenvalue weighted by atomic mass is 9.80. The second-order valence-electron chi connectivity index (χ2n) is 8.17. The van der Waals surface area contributed by atoms with E-state index in [9.17, 15) is 4.79 Å². The number of nitrogens with one attached hydrogen (secondary N) is 1. The molecular formula is C23H28ClN3O3. The fraction of sp³-hybridized carbons (Fsp3) is 0.391. The predicted molar refractivity (Wildman–Crippen MR) is 121 cm³/mol. The molecule has 1 N–H and O–H groups in total. The lowest BCUT2D eigenvalue weighted by molar-refractivity contribution is -0.123. The van der Waals surface area contributed by atoms with E-state index in [1.807, 2.05) is 6.07 Å². The van der Waals surface area contributed by atoms with Crippen LogP contribution in [0.1, 0.15) is 44.2 Å². The zero-order valence-electron chi connectivity index (χ0n) is 18.0. The van der Waals surface area contributed by atoms with Crippen LogP contribution >= 0.6 is 11.6 Å². The number of amides is 1. The summed E-state index contributed by atoms with van der Waals surface area (Å²) in [5.41, 5.74) is 5.69. The van der Waals surface area contributed by atoms with Crippen molar-refractivity contribution in [1.82, 2.24) is 5.43 Å². The summed E-state index contributed by atoms with van der Waals surface area (Å²) in [5.74, 6) is 1.35. The average molecular weight is 430 g/mol. The lowest BCUT2D eigenvalue weighted by Crippen LogP contribution is -2.45. The molecule has 1 aliphatic rings. The van der Waals surface area contributed by atoms with Crippen LogP contribution in [0.2, 0.25) is 5.02 Å². The van der Waals surface area contributed by atoms with Crippen LogP contribution in [-0.4, -0.2) is 38.4 Å². The highest BCUT2D eigenvalue weighted by molar-refractivity contribution is 6.33. The summed E-state index contributed by atoms with van der Waals surface area (Å²) in [6.45, 7) is 6.55. The van der Waals surface area contributed by atoms with Gasteiger partial charge in [0, 0.05) is 23.8 Å². The molecule has 0 spiro atoms. The van der Waals surface area contributed by atoms with Crippen molar-refractivity contribution in [3.05, 3.63) is 52.5 Å². The van der Waals surface area contributed by atoms with Gasteiger partial charge in [0.15, 0.2) is 6.61 Å². The van der Waals surface area contributed by atoms with Crippen LogP contribution < -0.4 is 19.8 Å². The molecule has 1 amide bonds. The smallest absolute Gasteiger partial charge is 0.277 e. The number of anilines is 1. The van der Waals surface area contributed by atoms with E-state index < -0.39 is 0 Å². The number of carbonyl (C=O) groups excluding carboxylic acids is 1. The number of halogens is 1. The van der Waals surface area contributed by atoms with Gasteiger partial charge in [-0.25, -0.2) is 5.43 Å². The van der Waals surface area contributed by atoms with Crippen LogP contribution in [0, 0.1) is 0 Å². The number of ether oxygens (including phenoxy) is 2. The Morgan fingerprint density at radius 1 is 1.30 bits per heavy atom. The monoisotopic (exact) mass is 429 g/mol. The number of carbonyl (C=O) groups is 1. The first-order valence-electron chi connectivity index (χ1n) is 9.87. The van der Waals surface area contributed by atoms with Gasteiger partial charge in [0.05, 0.1) is 18.3 Å². The van der Waals surface area contributed by atoms with Gasteiger partial charge in [-0.2, -0.15) is 5.10 Å². The van der Waals surface area contributed by atoms with Gasteiger partial charge < -0.3 is 14.4 Å². The Hall–Kier alpha value is -2.73. The van der Waals surface area contributed by atoms with E-state index in [1.165, 1.54) is 5.56 Å². The molecule has 0 unspecified atom stereocenters. The number of hydrogen-bond donors (Lipinski definition) is 1. The minimum atomic E-state index is -0.356. The molecule has 1 heterocycles. The average Bonchev–Trinajstić information content (AvgIpc) is 2.71. The Kier molecular flexibility index (Phi) is 6.56. The molecule has 1 aliphatic heterocycles. The van der Waals surface area contributed by atoms with Gasteiger partial charge in [-0.05, 0) is 68.1 Å². The number of nitrogens with zero attached hydrogens (tertiary/aromatic N) is 2. The normalized spacial score (nSPS) is 17.5. The molecule has 2 aromatic rings. The molecule has 7 heteroatoms. The Bertz CT molecular complexity index is 941. The lowest BCUT2D eigenvalue weighted by Gasteiger charge is -2.45. The highest BCUT2D eigenvalue weighted by atomic mass is 35.5. The SMILES string of the molecule is COc1ccc(OCC(=O)N/N=C/c2cc3c(cc2Cl)N(C)C(C)(C)C[C@@H]3C)cc1. The molecule has 0 radical (unpaired) electrons. The highest BCUT2D eigenvalue weighted by Crippen LogP contribution is 2.44. The van der Waals surface area contributed by atoms with E-state index in [2.05, 4.69) is 49.3 Å². The first kappa shape index (κ1) is 22.0. The Morgan fingerprint density at radius 3 is 2.63 bits per heavy atom. The van der Waals surface area contributed by atoms with Gasteiger partial charge >= 0.3 is 0 Å². The topological polar surface area (TPSA) is 63.2 Å². The van der Waals surface area contributed by atoms with Crippen molar-refractivity contribution >= 4 is 29.4 Å². The molecule has 3 rings (SSSR count). The summed E-state index contributed by atoms with van der Waals surface area (Å²) in [5, 5.41) is 4.64. The molecule has 0 aliphatic carbocycles. The quantitative estimate of drug-likeness (QED) is 0.538. The Morgan fingerprint density at radius 2 is 1.97 bits per heavy atom. The molecule has 0 fully saturated rings. The van der Waals surface area contributed by atoms with Crippen molar-refractivity contribution in [3.63, 3.8) is 0 Å². The first-order chi connectivity index (χ1) is 14.2. The maximum atomic E-state index is 12.0. The molecular weight excluding hydrogens is 402 g/mol. The minimum absolute atomic E-state index is 0.0726. The summed E-state index contributed by atoms with van der Waals surface area (Å²) in [7, 11) is 3.69. The Labute approximate surface area is 182 Å². The zero-order chi connectivity index (χ0) is 21.9. The number of methoxy groups -OCH3 is 1. The minimum Gasteiger partial charge on any atom is -0.497 e. The number of hydrazone groups is 1. The number of rotatable bonds is 6. The van der Waals surface area contributed by atoms with Crippen LogP contribution in [0.4, 0.5) is 5.69 Å². The van der Waals surface area contributed by atoms with E-state index >= 15 is 0 Å². The fourth-order valence-corrected chi connectivity index (χ4v) is 3.94. The largest absolute Gasteiger partial charge is 0.497 e. The maximum absolute atomic E-state index is 12.0. The van der Waals surface area contributed by atoms with Crippen molar-refractivity contribution < 1.29 is 14.3 Å². The summed E-state index contributed by atoms with van der Waals surface area (Å²) in [6, 6.07) is 11.0. The summed E-state index contributed by atoms with van der Waals surface area (Å²) < 4.78 is 10.5. The van der Waals surface area contributed by atoms with Crippen LogP contribution in [0.5, 0.6) is 11.5 Å². The van der Waals surface area contributed by atoms with E-state index in [0.717, 1.165) is 23.4 Å². The van der Waals surface area contributed by atoms with Crippen molar-refractivity contribution in [2.24, 2.45) is 5.10 Å². The van der Waals surface area contributed by atoms with Gasteiger partial charge in [-0.3, -0.25) is 4.79 Å². The second-order valence-corrected chi connectivity index (χ2v) is 8.57. The maximum Gasteiger partial charge on any atom is 0.277 e. The van der Waals surface area contributed by atoms with Gasteiger partial charge in [0.1, 0.15) is 11.5 Å². The zero-order valence-corrected chi connectivity index (χ0v) is 18.8. The van der Waals surface area contributed by atoms with Crippen molar-refractivity contribution in [1.29, 1.82) is 0 Å². The van der Waals surface area contributed by atoms with E-state index in [0.29, 0.717) is 16.7 Å². The molecule has 2 aromatic carbocycles. The van der Waals surface area contributed by atoms with Crippen LogP contribution in [0.15, 0.2) is 41.5 Å². The molecule has 1 atom stereocenters. The molecule has 30 heavy (non-hydrogen) atoms. The van der Waals surface area contributed by atoms with Gasteiger partial charge in [0.25, 0.3) is 5.91 Å². The van der Waals surface area contributed by atoms with E-state index in [1.54, 1.807) is 37.6 Å². The number of fused-ring (bicyclic) bond motifs is 1. The number of benzene rings is 2. The van der Waals surface area contributed by atoms with E-state index in [4.69, 9.17) is 21.1 Å². The molecule has 0 saturated heterocycles. The van der Waals surface area contributed by atoms with Crippen LogP contribution in [0.25, 0.3) is 0 Å². The fourth-order valence-electron chi connectivity index (χ4n) is 3.73. The highest BCUT2D eigenvalue weighted by Gasteiger charge is 2.34. The standard InChI is InChI=1S/C23H28ClN3O3/c1-15-12-23(2,3)27(4)21-11-20(24)16(10-19(15)21)13-25-26-22(28)14-30-18-8-6-17(29-5)7-9-18/h6-11,13,15H,12,14H2,1-5H3,(H,26,28)/b25-13+/t15-/m0/s1.